The molecule has 0 atom stereocenters. The van der Waals surface area contributed by atoms with E-state index < -0.39 is 11.9 Å². The van der Waals surface area contributed by atoms with Gasteiger partial charge in [0, 0.05) is 21.5 Å². The number of hydrogen-bond donors (Lipinski definition) is 0. The van der Waals surface area contributed by atoms with E-state index in [2.05, 4.69) is 19.1 Å². The summed E-state index contributed by atoms with van der Waals surface area (Å²) in [7, 11) is 0. The van der Waals surface area contributed by atoms with Crippen LogP contribution in [0.5, 0.6) is 11.5 Å². The minimum atomic E-state index is -0.429. The van der Waals surface area contributed by atoms with Crippen LogP contribution in [0.3, 0.4) is 0 Å². The van der Waals surface area contributed by atoms with Crippen LogP contribution in [0.15, 0.2) is 42.5 Å². The Morgan fingerprint density at radius 2 is 1.21 bits per heavy atom. The van der Waals surface area contributed by atoms with Gasteiger partial charge >= 0.3 is 11.9 Å². The maximum Gasteiger partial charge on any atom is 0.344 e. The number of hydrogen-bond acceptors (Lipinski definition) is 6. The molecule has 176 valence electrons. The van der Waals surface area contributed by atoms with E-state index in [0.29, 0.717) is 11.5 Å². The molecular formula is C27H32O6. The number of esters is 2. The molecule has 0 aromatic heterocycles. The third-order valence-electron chi connectivity index (χ3n) is 4.93. The van der Waals surface area contributed by atoms with Gasteiger partial charge in [-0.1, -0.05) is 49.7 Å². The summed E-state index contributed by atoms with van der Waals surface area (Å²) in [5, 5.41) is 3.21. The molecule has 3 rings (SSSR count). The molecule has 6 nitrogen and oxygen atoms in total. The van der Waals surface area contributed by atoms with Crippen molar-refractivity contribution in [1.82, 2.24) is 0 Å². The highest BCUT2D eigenvalue weighted by Crippen LogP contribution is 2.43. The molecule has 3 aromatic carbocycles. The molecule has 0 aliphatic heterocycles. The Labute approximate surface area is 194 Å². The van der Waals surface area contributed by atoms with Crippen LogP contribution < -0.4 is 9.47 Å². The fraction of sp³-hybridized carbons (Fsp3) is 0.407. The maximum atomic E-state index is 12.2. The van der Waals surface area contributed by atoms with Crippen LogP contribution in [0.25, 0.3) is 21.5 Å². The first-order valence-electron chi connectivity index (χ1n) is 11.4. The lowest BCUT2D eigenvalue weighted by molar-refractivity contribution is -0.150. The second-order valence-corrected chi connectivity index (χ2v) is 8.49. The van der Waals surface area contributed by atoms with Crippen LogP contribution in [-0.4, -0.2) is 37.4 Å². The molecule has 0 amide bonds. The van der Waals surface area contributed by atoms with E-state index in [1.54, 1.807) is 27.7 Å². The number of rotatable bonds is 10. The normalized spacial score (nSPS) is 11.2. The Bertz CT molecular complexity index is 1130. The standard InChI is InChI=1S/C27H32O6/c1-6-9-19-12-13-22-23(14-19)27(31-16-25(29)33-18(4)5)21-11-8-7-10-20(21)26(22)30-15-24(28)32-17(2)3/h7-8,10-14,17-18H,6,9,15-16H2,1-5H3. The molecule has 0 unspecified atom stereocenters. The maximum absolute atomic E-state index is 12.2. The van der Waals surface area contributed by atoms with Crippen molar-refractivity contribution in [3.63, 3.8) is 0 Å². The minimum Gasteiger partial charge on any atom is -0.481 e. The molecule has 33 heavy (non-hydrogen) atoms. The summed E-state index contributed by atoms with van der Waals surface area (Å²) < 4.78 is 22.5. The second-order valence-electron chi connectivity index (χ2n) is 8.49. The van der Waals surface area contributed by atoms with Gasteiger partial charge in [0.2, 0.25) is 0 Å². The van der Waals surface area contributed by atoms with Crippen LogP contribution in [0.4, 0.5) is 0 Å². The highest BCUT2D eigenvalue weighted by atomic mass is 16.6. The van der Waals surface area contributed by atoms with E-state index in [0.717, 1.165) is 39.9 Å². The van der Waals surface area contributed by atoms with Crippen molar-refractivity contribution in [2.75, 3.05) is 13.2 Å². The lowest BCUT2D eigenvalue weighted by Crippen LogP contribution is -2.19. The predicted molar refractivity (Wildman–Crippen MR) is 129 cm³/mol. The first kappa shape index (κ1) is 24.4. The fourth-order valence-corrected chi connectivity index (χ4v) is 3.76. The van der Waals surface area contributed by atoms with Crippen molar-refractivity contribution >= 4 is 33.5 Å². The molecule has 0 radical (unpaired) electrons. The molecule has 0 fully saturated rings. The van der Waals surface area contributed by atoms with Crippen LogP contribution >= 0.6 is 0 Å². The van der Waals surface area contributed by atoms with Crippen molar-refractivity contribution in [1.29, 1.82) is 0 Å². The summed E-state index contributed by atoms with van der Waals surface area (Å²) in [6, 6.07) is 13.7. The van der Waals surface area contributed by atoms with Gasteiger partial charge in [-0.15, -0.1) is 0 Å². The summed E-state index contributed by atoms with van der Waals surface area (Å²) in [6.07, 6.45) is 1.48. The largest absolute Gasteiger partial charge is 0.481 e. The molecular weight excluding hydrogens is 420 g/mol. The summed E-state index contributed by atoms with van der Waals surface area (Å²) in [5.41, 5.74) is 1.15. The summed E-state index contributed by atoms with van der Waals surface area (Å²) >= 11 is 0. The van der Waals surface area contributed by atoms with E-state index in [-0.39, 0.29) is 25.4 Å². The first-order chi connectivity index (χ1) is 15.8. The molecule has 0 saturated carbocycles. The number of aryl methyl sites for hydroxylation is 1. The van der Waals surface area contributed by atoms with Crippen molar-refractivity contribution in [3.05, 3.63) is 48.0 Å². The number of ether oxygens (including phenoxy) is 4. The van der Waals surface area contributed by atoms with Gasteiger partial charge in [0.15, 0.2) is 13.2 Å². The molecule has 3 aromatic rings. The minimum absolute atomic E-state index is 0.198. The van der Waals surface area contributed by atoms with Crippen molar-refractivity contribution in [2.24, 2.45) is 0 Å². The van der Waals surface area contributed by atoms with Gasteiger partial charge in [0.05, 0.1) is 12.2 Å². The highest BCUT2D eigenvalue weighted by molar-refractivity contribution is 6.11. The van der Waals surface area contributed by atoms with E-state index in [9.17, 15) is 9.59 Å². The fourth-order valence-electron chi connectivity index (χ4n) is 3.76. The van der Waals surface area contributed by atoms with Crippen LogP contribution in [0.1, 0.15) is 46.6 Å². The SMILES string of the molecule is CCCc1ccc2c(OCC(=O)OC(C)C)c3ccccc3c(OCC(=O)OC(C)C)c2c1. The summed E-state index contributed by atoms with van der Waals surface area (Å²) in [6.45, 7) is 8.93. The highest BCUT2D eigenvalue weighted by Gasteiger charge is 2.19. The molecule has 0 aliphatic rings. The quantitative estimate of drug-likeness (QED) is 0.294. The smallest absolute Gasteiger partial charge is 0.344 e. The number of carbonyl (C=O) groups excluding carboxylic acids is 2. The lowest BCUT2D eigenvalue weighted by atomic mass is 9.97. The average molecular weight is 453 g/mol. The monoisotopic (exact) mass is 452 g/mol. The van der Waals surface area contributed by atoms with E-state index in [1.807, 2.05) is 30.3 Å². The van der Waals surface area contributed by atoms with Crippen molar-refractivity contribution in [2.45, 2.75) is 59.7 Å². The van der Waals surface area contributed by atoms with Crippen LogP contribution in [0, 0.1) is 0 Å². The van der Waals surface area contributed by atoms with E-state index in [1.165, 1.54) is 0 Å². The molecule has 0 aliphatic carbocycles. The lowest BCUT2D eigenvalue weighted by Gasteiger charge is -2.18. The van der Waals surface area contributed by atoms with Gasteiger partial charge in [-0.3, -0.25) is 0 Å². The summed E-state index contributed by atoms with van der Waals surface area (Å²) in [5.74, 6) is 0.322. The second kappa shape index (κ2) is 11.0. The summed E-state index contributed by atoms with van der Waals surface area (Å²) in [4.78, 5) is 24.3. The van der Waals surface area contributed by atoms with E-state index >= 15 is 0 Å². The number of benzene rings is 3. The topological polar surface area (TPSA) is 71.1 Å². The van der Waals surface area contributed by atoms with Crippen LogP contribution in [-0.2, 0) is 25.5 Å². The zero-order chi connectivity index (χ0) is 24.0. The van der Waals surface area contributed by atoms with Gasteiger partial charge in [0.25, 0.3) is 0 Å². The molecule has 0 spiro atoms. The third kappa shape index (κ3) is 6.15. The van der Waals surface area contributed by atoms with Crippen LogP contribution in [0.2, 0.25) is 0 Å². The van der Waals surface area contributed by atoms with Gasteiger partial charge in [-0.2, -0.15) is 0 Å². The first-order valence-corrected chi connectivity index (χ1v) is 11.4. The average Bonchev–Trinajstić information content (AvgIpc) is 2.75. The zero-order valence-electron chi connectivity index (χ0n) is 20.0. The molecule has 0 saturated heterocycles. The van der Waals surface area contributed by atoms with Gasteiger partial charge < -0.3 is 18.9 Å². The molecule has 0 N–H and O–H groups in total. The van der Waals surface area contributed by atoms with E-state index in [4.69, 9.17) is 18.9 Å². The Kier molecular flexibility index (Phi) is 8.15. The molecule has 0 bridgehead atoms. The van der Waals surface area contributed by atoms with Crippen molar-refractivity contribution < 1.29 is 28.5 Å². The van der Waals surface area contributed by atoms with Gasteiger partial charge in [-0.25, -0.2) is 9.59 Å². The number of carbonyl (C=O) groups is 2. The Morgan fingerprint density at radius 3 is 1.70 bits per heavy atom. The van der Waals surface area contributed by atoms with Gasteiger partial charge in [0.1, 0.15) is 11.5 Å². The third-order valence-corrected chi connectivity index (χ3v) is 4.93. The Morgan fingerprint density at radius 1 is 0.727 bits per heavy atom. The zero-order valence-corrected chi connectivity index (χ0v) is 20.0. The van der Waals surface area contributed by atoms with Gasteiger partial charge in [-0.05, 0) is 45.7 Å². The van der Waals surface area contributed by atoms with Crippen molar-refractivity contribution in [3.8, 4) is 11.5 Å². The molecule has 0 heterocycles. The Balaban J connectivity index is 2.10. The number of fused-ring (bicyclic) bond motifs is 2. The molecule has 6 heteroatoms. The predicted octanol–water partition coefficient (Wildman–Crippen LogP) is 5.61. The Hall–Kier alpha value is -3.28.